The van der Waals surface area contributed by atoms with Crippen LogP contribution in [0.4, 0.5) is 5.69 Å². The lowest BCUT2D eigenvalue weighted by Gasteiger charge is -2.16. The summed E-state index contributed by atoms with van der Waals surface area (Å²) in [6, 6.07) is 6.32. The van der Waals surface area contributed by atoms with Crippen LogP contribution in [0.1, 0.15) is 18.9 Å². The Labute approximate surface area is 111 Å². The Balaban J connectivity index is 2.04. The third-order valence-corrected chi connectivity index (χ3v) is 3.24. The number of hydrogen-bond acceptors (Lipinski definition) is 4. The molecule has 102 valence electrons. The van der Waals surface area contributed by atoms with E-state index in [1.807, 2.05) is 6.92 Å². The highest BCUT2D eigenvalue weighted by atomic mass is 16.6. The topological polar surface area (TPSA) is 75.5 Å². The molecular formula is C13H17N3O3. The molecule has 0 bridgehead atoms. The van der Waals surface area contributed by atoms with E-state index in [0.717, 1.165) is 18.5 Å². The van der Waals surface area contributed by atoms with Gasteiger partial charge in [0.05, 0.1) is 11.0 Å². The number of amides is 1. The zero-order valence-electron chi connectivity index (χ0n) is 10.8. The van der Waals surface area contributed by atoms with E-state index in [-0.39, 0.29) is 17.6 Å². The molecule has 1 aliphatic rings. The van der Waals surface area contributed by atoms with E-state index in [4.69, 9.17) is 0 Å². The summed E-state index contributed by atoms with van der Waals surface area (Å²) in [7, 11) is 0. The molecule has 0 aliphatic carbocycles. The highest BCUT2D eigenvalue weighted by molar-refractivity contribution is 5.83. The van der Waals surface area contributed by atoms with Crippen LogP contribution in [0.3, 0.4) is 0 Å². The summed E-state index contributed by atoms with van der Waals surface area (Å²) in [4.78, 5) is 24.1. The second kappa shape index (κ2) is 5.79. The number of rotatable bonds is 5. The van der Waals surface area contributed by atoms with Crippen molar-refractivity contribution in [1.29, 1.82) is 0 Å². The van der Waals surface area contributed by atoms with Crippen LogP contribution in [0, 0.1) is 10.1 Å². The SMILES string of the molecule is CCNC1CCN(Cc2cccc([N+](=O)[O-])c2)C1=O. The van der Waals surface area contributed by atoms with Gasteiger partial charge in [-0.2, -0.15) is 0 Å². The number of likely N-dealkylation sites (N-methyl/N-ethyl adjacent to an activating group) is 1. The number of non-ortho nitro benzene ring substituents is 1. The molecule has 6 heteroatoms. The Morgan fingerprint density at radius 3 is 3.00 bits per heavy atom. The average molecular weight is 263 g/mol. The Hall–Kier alpha value is -1.95. The van der Waals surface area contributed by atoms with Crippen LogP contribution in [0.25, 0.3) is 0 Å². The fourth-order valence-electron chi connectivity index (χ4n) is 2.32. The van der Waals surface area contributed by atoms with E-state index in [2.05, 4.69) is 5.32 Å². The number of nitro groups is 1. The highest BCUT2D eigenvalue weighted by Crippen LogP contribution is 2.18. The molecule has 0 spiro atoms. The molecule has 1 aromatic rings. The van der Waals surface area contributed by atoms with Crippen molar-refractivity contribution in [2.75, 3.05) is 13.1 Å². The fraction of sp³-hybridized carbons (Fsp3) is 0.462. The van der Waals surface area contributed by atoms with Crippen molar-refractivity contribution >= 4 is 11.6 Å². The van der Waals surface area contributed by atoms with E-state index in [1.165, 1.54) is 12.1 Å². The van der Waals surface area contributed by atoms with E-state index >= 15 is 0 Å². The van der Waals surface area contributed by atoms with Crippen molar-refractivity contribution in [3.05, 3.63) is 39.9 Å². The summed E-state index contributed by atoms with van der Waals surface area (Å²) in [6.07, 6.45) is 0.793. The van der Waals surface area contributed by atoms with Gasteiger partial charge in [0.2, 0.25) is 5.91 Å². The van der Waals surface area contributed by atoms with Gasteiger partial charge in [-0.1, -0.05) is 19.1 Å². The molecule has 1 saturated heterocycles. The van der Waals surface area contributed by atoms with Crippen molar-refractivity contribution in [2.45, 2.75) is 25.9 Å². The monoisotopic (exact) mass is 263 g/mol. The summed E-state index contributed by atoms with van der Waals surface area (Å²) in [6.45, 7) is 3.86. The molecule has 1 aromatic carbocycles. The minimum absolute atomic E-state index is 0.0624. The summed E-state index contributed by atoms with van der Waals surface area (Å²) >= 11 is 0. The van der Waals surface area contributed by atoms with Gasteiger partial charge in [0.25, 0.3) is 5.69 Å². The largest absolute Gasteiger partial charge is 0.337 e. The molecule has 1 N–H and O–H groups in total. The molecule has 0 aromatic heterocycles. The molecule has 6 nitrogen and oxygen atoms in total. The van der Waals surface area contributed by atoms with Crippen molar-refractivity contribution in [1.82, 2.24) is 10.2 Å². The zero-order chi connectivity index (χ0) is 13.8. The normalized spacial score (nSPS) is 18.9. The van der Waals surface area contributed by atoms with Crippen molar-refractivity contribution in [3.63, 3.8) is 0 Å². The van der Waals surface area contributed by atoms with E-state index in [9.17, 15) is 14.9 Å². The van der Waals surface area contributed by atoms with Gasteiger partial charge in [0.1, 0.15) is 0 Å². The van der Waals surface area contributed by atoms with Crippen molar-refractivity contribution in [2.24, 2.45) is 0 Å². The van der Waals surface area contributed by atoms with E-state index in [0.29, 0.717) is 13.1 Å². The molecule has 1 fully saturated rings. The second-order valence-electron chi connectivity index (χ2n) is 4.59. The van der Waals surface area contributed by atoms with Crippen LogP contribution in [-0.4, -0.2) is 34.9 Å². The molecule has 1 atom stereocenters. The average Bonchev–Trinajstić information content (AvgIpc) is 2.72. The Morgan fingerprint density at radius 1 is 1.53 bits per heavy atom. The van der Waals surface area contributed by atoms with Gasteiger partial charge in [-0.3, -0.25) is 14.9 Å². The third-order valence-electron chi connectivity index (χ3n) is 3.24. The molecular weight excluding hydrogens is 246 g/mol. The van der Waals surface area contributed by atoms with Crippen molar-refractivity contribution in [3.8, 4) is 0 Å². The van der Waals surface area contributed by atoms with Crippen LogP contribution in [0.15, 0.2) is 24.3 Å². The second-order valence-corrected chi connectivity index (χ2v) is 4.59. The minimum Gasteiger partial charge on any atom is -0.337 e. The van der Waals surface area contributed by atoms with Gasteiger partial charge in [0.15, 0.2) is 0 Å². The van der Waals surface area contributed by atoms with Crippen molar-refractivity contribution < 1.29 is 9.72 Å². The molecule has 19 heavy (non-hydrogen) atoms. The molecule has 2 rings (SSSR count). The molecule has 1 aliphatic heterocycles. The summed E-state index contributed by atoms with van der Waals surface area (Å²) in [5, 5.41) is 13.8. The lowest BCUT2D eigenvalue weighted by atomic mass is 10.2. The Morgan fingerprint density at radius 2 is 2.32 bits per heavy atom. The highest BCUT2D eigenvalue weighted by Gasteiger charge is 2.30. The summed E-state index contributed by atoms with van der Waals surface area (Å²) < 4.78 is 0. The number of carbonyl (C=O) groups excluding carboxylic acids is 1. The lowest BCUT2D eigenvalue weighted by Crippen LogP contribution is -2.37. The number of benzene rings is 1. The number of nitrogens with zero attached hydrogens (tertiary/aromatic N) is 2. The van der Waals surface area contributed by atoms with E-state index < -0.39 is 4.92 Å². The standard InChI is InChI=1S/C13H17N3O3/c1-2-14-12-6-7-15(13(12)17)9-10-4-3-5-11(8-10)16(18)19/h3-5,8,12,14H,2,6-7,9H2,1H3. The zero-order valence-corrected chi connectivity index (χ0v) is 10.8. The predicted octanol–water partition coefficient (Wildman–Crippen LogP) is 1.31. The van der Waals surface area contributed by atoms with Gasteiger partial charge in [-0.15, -0.1) is 0 Å². The molecule has 1 unspecified atom stereocenters. The smallest absolute Gasteiger partial charge is 0.269 e. The first-order chi connectivity index (χ1) is 9.11. The van der Waals surface area contributed by atoms with E-state index in [1.54, 1.807) is 17.0 Å². The maximum Gasteiger partial charge on any atom is 0.269 e. The number of nitrogens with one attached hydrogen (secondary N) is 1. The lowest BCUT2D eigenvalue weighted by molar-refractivity contribution is -0.384. The summed E-state index contributed by atoms with van der Waals surface area (Å²) in [5.41, 5.74) is 0.854. The predicted molar refractivity (Wildman–Crippen MR) is 70.6 cm³/mol. The molecule has 0 radical (unpaired) electrons. The maximum absolute atomic E-state index is 12.0. The van der Waals surface area contributed by atoms with Gasteiger partial charge in [0, 0.05) is 25.2 Å². The number of hydrogen-bond donors (Lipinski definition) is 1. The molecule has 0 saturated carbocycles. The maximum atomic E-state index is 12.0. The van der Waals surface area contributed by atoms with Gasteiger partial charge >= 0.3 is 0 Å². The number of nitro benzene ring substituents is 1. The minimum atomic E-state index is -0.420. The van der Waals surface area contributed by atoms with Crippen LogP contribution < -0.4 is 5.32 Å². The first-order valence-corrected chi connectivity index (χ1v) is 6.37. The molecule has 1 heterocycles. The fourth-order valence-corrected chi connectivity index (χ4v) is 2.32. The van der Waals surface area contributed by atoms with Gasteiger partial charge in [-0.05, 0) is 18.5 Å². The first-order valence-electron chi connectivity index (χ1n) is 6.37. The first kappa shape index (κ1) is 13.5. The number of carbonyl (C=O) groups is 1. The van der Waals surface area contributed by atoms with Gasteiger partial charge < -0.3 is 10.2 Å². The molecule has 1 amide bonds. The van der Waals surface area contributed by atoms with Crippen LogP contribution >= 0.6 is 0 Å². The van der Waals surface area contributed by atoms with Crippen LogP contribution in [-0.2, 0) is 11.3 Å². The third kappa shape index (κ3) is 3.08. The Bertz CT molecular complexity index is 490. The van der Waals surface area contributed by atoms with Crippen LogP contribution in [0.2, 0.25) is 0 Å². The number of likely N-dealkylation sites (tertiary alicyclic amines) is 1. The Kier molecular flexibility index (Phi) is 4.11. The van der Waals surface area contributed by atoms with Gasteiger partial charge in [-0.25, -0.2) is 0 Å². The summed E-state index contributed by atoms with van der Waals surface area (Å²) in [5.74, 6) is 0.0772. The van der Waals surface area contributed by atoms with Crippen LogP contribution in [0.5, 0.6) is 0 Å². The quantitative estimate of drug-likeness (QED) is 0.642.